The van der Waals surface area contributed by atoms with Crippen molar-refractivity contribution >= 4 is 34.6 Å². The van der Waals surface area contributed by atoms with E-state index >= 15 is 0 Å². The topological polar surface area (TPSA) is 105 Å². The number of carbonyl (C=O) groups is 1. The number of rotatable bonds is 3. The molecular weight excluding hydrogens is 276 g/mol. The Morgan fingerprint density at radius 3 is 2.65 bits per heavy atom. The summed E-state index contributed by atoms with van der Waals surface area (Å²) in [5.74, 6) is -0.613. The van der Waals surface area contributed by atoms with Crippen molar-refractivity contribution in [3.63, 3.8) is 0 Å². The number of nitrogen functional groups attached to an aromatic ring is 1. The molecule has 5 nitrogen and oxygen atoms in total. The van der Waals surface area contributed by atoms with Gasteiger partial charge in [-0.2, -0.15) is 5.26 Å². The van der Waals surface area contributed by atoms with Gasteiger partial charge in [0, 0.05) is 16.4 Å². The maximum absolute atomic E-state index is 11.2. The molecule has 0 spiro atoms. The van der Waals surface area contributed by atoms with Crippen LogP contribution in [-0.2, 0) is 0 Å². The van der Waals surface area contributed by atoms with E-state index in [0.29, 0.717) is 27.6 Å². The first-order valence-electron chi connectivity index (χ1n) is 5.67. The van der Waals surface area contributed by atoms with Crippen molar-refractivity contribution in [1.82, 2.24) is 0 Å². The summed E-state index contributed by atoms with van der Waals surface area (Å²) in [6, 6.07) is 11.7. The van der Waals surface area contributed by atoms with E-state index in [1.807, 2.05) is 0 Å². The van der Waals surface area contributed by atoms with Crippen LogP contribution in [0.25, 0.3) is 0 Å². The van der Waals surface area contributed by atoms with Crippen LogP contribution in [0.2, 0.25) is 5.02 Å². The largest absolute Gasteiger partial charge is 0.398 e. The molecule has 20 heavy (non-hydrogen) atoms. The van der Waals surface area contributed by atoms with Crippen LogP contribution in [0.1, 0.15) is 15.9 Å². The Hall–Kier alpha value is -2.71. The third kappa shape index (κ3) is 2.82. The second-order valence-corrected chi connectivity index (χ2v) is 4.53. The number of nitriles is 1. The van der Waals surface area contributed by atoms with Crippen LogP contribution in [0.15, 0.2) is 36.4 Å². The SMILES string of the molecule is N#Cc1ccc(Cl)cc1Nc1ccc(N)c(C(N)=O)c1. The summed E-state index contributed by atoms with van der Waals surface area (Å²) in [5, 5.41) is 12.6. The molecule has 0 saturated carbocycles. The fourth-order valence-electron chi connectivity index (χ4n) is 1.72. The second kappa shape index (κ2) is 5.51. The summed E-state index contributed by atoms with van der Waals surface area (Å²) in [6.45, 7) is 0. The summed E-state index contributed by atoms with van der Waals surface area (Å²) in [4.78, 5) is 11.2. The average Bonchev–Trinajstić information content (AvgIpc) is 2.41. The van der Waals surface area contributed by atoms with E-state index in [0.717, 1.165) is 0 Å². The van der Waals surface area contributed by atoms with Gasteiger partial charge in [-0.1, -0.05) is 11.6 Å². The van der Waals surface area contributed by atoms with Crippen molar-refractivity contribution in [2.24, 2.45) is 5.73 Å². The number of nitrogens with zero attached hydrogens (tertiary/aromatic N) is 1. The van der Waals surface area contributed by atoms with E-state index in [2.05, 4.69) is 11.4 Å². The van der Waals surface area contributed by atoms with Crippen LogP contribution in [0.3, 0.4) is 0 Å². The highest BCUT2D eigenvalue weighted by Gasteiger charge is 2.08. The minimum absolute atomic E-state index is 0.218. The number of carbonyl (C=O) groups excluding carboxylic acids is 1. The van der Waals surface area contributed by atoms with Gasteiger partial charge in [-0.05, 0) is 36.4 Å². The molecule has 0 heterocycles. The number of anilines is 3. The van der Waals surface area contributed by atoms with Crippen molar-refractivity contribution in [1.29, 1.82) is 5.26 Å². The monoisotopic (exact) mass is 286 g/mol. The maximum Gasteiger partial charge on any atom is 0.250 e. The number of nitrogens with two attached hydrogens (primary N) is 2. The Balaban J connectivity index is 2.40. The number of primary amides is 1. The standard InChI is InChI=1S/C14H11ClN4O/c15-9-2-1-8(7-16)13(5-9)19-10-3-4-12(17)11(6-10)14(18)20/h1-6,19H,17H2,(H2,18,20). The minimum atomic E-state index is -0.613. The van der Waals surface area contributed by atoms with Crippen molar-refractivity contribution in [2.75, 3.05) is 11.1 Å². The molecule has 0 bridgehead atoms. The fourth-order valence-corrected chi connectivity index (χ4v) is 1.89. The normalized spacial score (nSPS) is 9.80. The Labute approximate surface area is 120 Å². The van der Waals surface area contributed by atoms with Gasteiger partial charge in [0.2, 0.25) is 0 Å². The van der Waals surface area contributed by atoms with Crippen molar-refractivity contribution in [2.45, 2.75) is 0 Å². The summed E-state index contributed by atoms with van der Waals surface area (Å²) in [6.07, 6.45) is 0. The summed E-state index contributed by atoms with van der Waals surface area (Å²) < 4.78 is 0. The van der Waals surface area contributed by atoms with E-state index in [4.69, 9.17) is 28.3 Å². The molecule has 0 aliphatic rings. The third-order valence-corrected chi connectivity index (χ3v) is 2.93. The number of halogens is 1. The number of hydrogen-bond donors (Lipinski definition) is 3. The highest BCUT2D eigenvalue weighted by molar-refractivity contribution is 6.30. The molecule has 0 aliphatic heterocycles. The number of hydrogen-bond acceptors (Lipinski definition) is 4. The first kappa shape index (κ1) is 13.7. The molecule has 1 amide bonds. The second-order valence-electron chi connectivity index (χ2n) is 4.09. The molecule has 6 heteroatoms. The molecule has 0 atom stereocenters. The minimum Gasteiger partial charge on any atom is -0.398 e. The molecule has 0 unspecified atom stereocenters. The first-order chi connectivity index (χ1) is 9.51. The summed E-state index contributed by atoms with van der Waals surface area (Å²) in [5.41, 5.74) is 13.0. The van der Waals surface area contributed by atoms with Crippen LogP contribution in [0, 0.1) is 11.3 Å². The Kier molecular flexibility index (Phi) is 3.78. The smallest absolute Gasteiger partial charge is 0.250 e. The molecule has 5 N–H and O–H groups in total. The molecule has 100 valence electrons. The van der Waals surface area contributed by atoms with Crippen molar-refractivity contribution < 1.29 is 4.79 Å². The lowest BCUT2D eigenvalue weighted by Crippen LogP contribution is -2.13. The Morgan fingerprint density at radius 1 is 1.25 bits per heavy atom. The van der Waals surface area contributed by atoms with Gasteiger partial charge < -0.3 is 16.8 Å². The van der Waals surface area contributed by atoms with E-state index in [-0.39, 0.29) is 5.56 Å². The van der Waals surface area contributed by atoms with E-state index in [9.17, 15) is 4.79 Å². The van der Waals surface area contributed by atoms with Crippen molar-refractivity contribution in [3.05, 3.63) is 52.5 Å². The van der Waals surface area contributed by atoms with Crippen LogP contribution >= 0.6 is 11.6 Å². The zero-order valence-electron chi connectivity index (χ0n) is 10.4. The molecule has 0 radical (unpaired) electrons. The lowest BCUT2D eigenvalue weighted by atomic mass is 10.1. The van der Waals surface area contributed by atoms with Gasteiger partial charge in [-0.25, -0.2) is 0 Å². The molecule has 2 rings (SSSR count). The van der Waals surface area contributed by atoms with Crippen LogP contribution < -0.4 is 16.8 Å². The molecule has 0 fully saturated rings. The predicted octanol–water partition coefficient (Wildman–Crippen LogP) is 2.64. The molecular formula is C14H11ClN4O. The predicted molar refractivity (Wildman–Crippen MR) is 78.8 cm³/mol. The van der Waals surface area contributed by atoms with Gasteiger partial charge in [0.1, 0.15) is 6.07 Å². The highest BCUT2D eigenvalue weighted by Crippen LogP contribution is 2.26. The summed E-state index contributed by atoms with van der Waals surface area (Å²) in [7, 11) is 0. The fraction of sp³-hybridized carbons (Fsp3) is 0. The zero-order valence-corrected chi connectivity index (χ0v) is 11.1. The Morgan fingerprint density at radius 2 is 2.00 bits per heavy atom. The van der Waals surface area contributed by atoms with Crippen LogP contribution in [0.5, 0.6) is 0 Å². The third-order valence-electron chi connectivity index (χ3n) is 2.70. The van der Waals surface area contributed by atoms with E-state index in [1.165, 1.54) is 6.07 Å². The van der Waals surface area contributed by atoms with Crippen LogP contribution in [0.4, 0.5) is 17.1 Å². The maximum atomic E-state index is 11.2. The molecule has 2 aromatic carbocycles. The lowest BCUT2D eigenvalue weighted by Gasteiger charge is -2.10. The molecule has 0 saturated heterocycles. The quantitative estimate of drug-likeness (QED) is 0.754. The van der Waals surface area contributed by atoms with E-state index < -0.39 is 5.91 Å². The summed E-state index contributed by atoms with van der Waals surface area (Å²) >= 11 is 5.90. The number of benzene rings is 2. The van der Waals surface area contributed by atoms with Gasteiger partial charge >= 0.3 is 0 Å². The number of amides is 1. The lowest BCUT2D eigenvalue weighted by molar-refractivity contribution is 0.100. The molecule has 2 aromatic rings. The number of nitrogens with one attached hydrogen (secondary N) is 1. The van der Waals surface area contributed by atoms with Gasteiger partial charge in [0.15, 0.2) is 0 Å². The van der Waals surface area contributed by atoms with Gasteiger partial charge in [0.25, 0.3) is 5.91 Å². The first-order valence-corrected chi connectivity index (χ1v) is 6.05. The van der Waals surface area contributed by atoms with E-state index in [1.54, 1.807) is 30.3 Å². The molecule has 0 aromatic heterocycles. The Bertz CT molecular complexity index is 722. The average molecular weight is 287 g/mol. The van der Waals surface area contributed by atoms with Gasteiger partial charge in [0.05, 0.1) is 16.8 Å². The van der Waals surface area contributed by atoms with Gasteiger partial charge in [-0.15, -0.1) is 0 Å². The van der Waals surface area contributed by atoms with Crippen LogP contribution in [-0.4, -0.2) is 5.91 Å². The van der Waals surface area contributed by atoms with Gasteiger partial charge in [-0.3, -0.25) is 4.79 Å². The molecule has 0 aliphatic carbocycles. The zero-order chi connectivity index (χ0) is 14.7. The highest BCUT2D eigenvalue weighted by atomic mass is 35.5. The van der Waals surface area contributed by atoms with Crippen molar-refractivity contribution in [3.8, 4) is 6.07 Å².